The normalized spacial score (nSPS) is 27.9. The number of hydrogen-bond acceptors (Lipinski definition) is 3. The molecule has 1 heterocycles. The first kappa shape index (κ1) is 12.3. The molecule has 1 aliphatic heterocycles. The average Bonchev–Trinajstić information content (AvgIpc) is 3.01. The molecule has 4 nitrogen and oxygen atoms in total. The van der Waals surface area contributed by atoms with E-state index in [0.717, 1.165) is 32.1 Å². The van der Waals surface area contributed by atoms with Gasteiger partial charge >= 0.3 is 0 Å². The molecule has 16 heavy (non-hydrogen) atoms. The van der Waals surface area contributed by atoms with E-state index in [1.54, 1.807) is 0 Å². The molecule has 0 aromatic carbocycles. The van der Waals surface area contributed by atoms with Gasteiger partial charge in [0.2, 0.25) is 10.0 Å². The number of nitrogens with zero attached hydrogens (tertiary/aromatic N) is 1. The van der Waals surface area contributed by atoms with Gasteiger partial charge in [0.15, 0.2) is 0 Å². The molecule has 0 aromatic heterocycles. The highest BCUT2D eigenvalue weighted by atomic mass is 32.2. The Kier molecular flexibility index (Phi) is 3.51. The van der Waals surface area contributed by atoms with Gasteiger partial charge in [-0.2, -0.15) is 4.31 Å². The second-order valence-electron chi connectivity index (χ2n) is 4.75. The Hall–Kier alpha value is -0.200. The first-order chi connectivity index (χ1) is 7.50. The Bertz CT molecular complexity index is 376. The maximum atomic E-state index is 12.2. The van der Waals surface area contributed by atoms with Crippen LogP contribution in [0.25, 0.3) is 0 Å². The molecule has 0 aromatic rings. The zero-order chi connectivity index (χ0) is 11.8. The average molecular weight is 262 g/mol. The van der Waals surface area contributed by atoms with Crippen LogP contribution in [0.1, 0.15) is 32.1 Å². The maximum Gasteiger partial charge on any atom is 0.215 e. The van der Waals surface area contributed by atoms with Crippen LogP contribution in [0.4, 0.5) is 0 Å². The summed E-state index contributed by atoms with van der Waals surface area (Å²) in [6.07, 6.45) is 4.80. The predicted octanol–water partition coefficient (Wildman–Crippen LogP) is 0.867. The van der Waals surface area contributed by atoms with Crippen molar-refractivity contribution in [1.82, 2.24) is 4.31 Å². The van der Waals surface area contributed by atoms with Gasteiger partial charge in [0.25, 0.3) is 0 Å². The summed E-state index contributed by atoms with van der Waals surface area (Å²) >= 11 is 4.96. The second-order valence-corrected chi connectivity index (χ2v) is 7.18. The summed E-state index contributed by atoms with van der Waals surface area (Å²) in [5.41, 5.74) is 5.63. The number of rotatable bonds is 4. The van der Waals surface area contributed by atoms with Crippen molar-refractivity contribution in [3.05, 3.63) is 0 Å². The van der Waals surface area contributed by atoms with Gasteiger partial charge in [-0.15, -0.1) is 0 Å². The van der Waals surface area contributed by atoms with Crippen molar-refractivity contribution >= 4 is 27.2 Å². The molecule has 1 atom stereocenters. The van der Waals surface area contributed by atoms with Crippen molar-refractivity contribution in [2.24, 2.45) is 11.7 Å². The highest BCUT2D eigenvalue weighted by molar-refractivity contribution is 7.89. The summed E-state index contributed by atoms with van der Waals surface area (Å²) in [6, 6.07) is -0.243. The summed E-state index contributed by atoms with van der Waals surface area (Å²) in [5.74, 6) is 0.658. The Morgan fingerprint density at radius 3 is 2.56 bits per heavy atom. The van der Waals surface area contributed by atoms with Gasteiger partial charge < -0.3 is 5.73 Å². The molecule has 0 bridgehead atoms. The minimum Gasteiger partial charge on any atom is -0.392 e. The van der Waals surface area contributed by atoms with Gasteiger partial charge in [0, 0.05) is 6.54 Å². The fourth-order valence-corrected chi connectivity index (χ4v) is 4.65. The van der Waals surface area contributed by atoms with E-state index in [9.17, 15) is 8.42 Å². The summed E-state index contributed by atoms with van der Waals surface area (Å²) in [5, 5.41) is 0. The zero-order valence-electron chi connectivity index (χ0n) is 9.26. The number of thiocarbonyl (C=S) groups is 1. The molecule has 1 unspecified atom stereocenters. The smallest absolute Gasteiger partial charge is 0.215 e. The lowest BCUT2D eigenvalue weighted by atomic mass is 10.1. The molecule has 2 rings (SSSR count). The van der Waals surface area contributed by atoms with E-state index in [2.05, 4.69) is 0 Å². The monoisotopic (exact) mass is 262 g/mol. The minimum absolute atomic E-state index is 0.243. The van der Waals surface area contributed by atoms with Crippen LogP contribution < -0.4 is 5.73 Å². The van der Waals surface area contributed by atoms with Gasteiger partial charge in [-0.05, 0) is 31.6 Å². The third kappa shape index (κ3) is 2.73. The van der Waals surface area contributed by atoms with Crippen molar-refractivity contribution in [2.75, 3.05) is 12.3 Å². The van der Waals surface area contributed by atoms with Crippen LogP contribution in [0.2, 0.25) is 0 Å². The highest BCUT2D eigenvalue weighted by Gasteiger charge is 2.37. The van der Waals surface area contributed by atoms with E-state index >= 15 is 0 Å². The van der Waals surface area contributed by atoms with Crippen LogP contribution >= 0.6 is 12.2 Å². The number of piperidine rings is 1. The highest BCUT2D eigenvalue weighted by Crippen LogP contribution is 2.32. The Morgan fingerprint density at radius 1 is 1.31 bits per heavy atom. The SMILES string of the molecule is NC(=S)C1CCCCN1S(=O)(=O)CC1CC1. The van der Waals surface area contributed by atoms with Gasteiger partial charge in [-0.25, -0.2) is 8.42 Å². The lowest BCUT2D eigenvalue weighted by Crippen LogP contribution is -2.50. The van der Waals surface area contributed by atoms with Crippen LogP contribution in [0.15, 0.2) is 0 Å². The van der Waals surface area contributed by atoms with E-state index < -0.39 is 10.0 Å². The molecule has 2 aliphatic rings. The van der Waals surface area contributed by atoms with E-state index in [1.807, 2.05) is 0 Å². The largest absolute Gasteiger partial charge is 0.392 e. The van der Waals surface area contributed by atoms with Gasteiger partial charge in [-0.1, -0.05) is 18.6 Å². The zero-order valence-corrected chi connectivity index (χ0v) is 10.9. The lowest BCUT2D eigenvalue weighted by molar-refractivity contribution is 0.306. The molecule has 2 fully saturated rings. The summed E-state index contributed by atoms with van der Waals surface area (Å²) in [4.78, 5) is 0.319. The number of hydrogen-bond donors (Lipinski definition) is 1. The van der Waals surface area contributed by atoms with Crippen molar-refractivity contribution in [3.8, 4) is 0 Å². The first-order valence-electron chi connectivity index (χ1n) is 5.79. The summed E-state index contributed by atoms with van der Waals surface area (Å²) < 4.78 is 25.9. The Morgan fingerprint density at radius 2 is 2.00 bits per heavy atom. The maximum absolute atomic E-state index is 12.2. The first-order valence-corrected chi connectivity index (χ1v) is 7.81. The number of sulfonamides is 1. The van der Waals surface area contributed by atoms with Gasteiger partial charge in [0.1, 0.15) is 0 Å². The van der Waals surface area contributed by atoms with E-state index in [0.29, 0.717) is 17.5 Å². The van der Waals surface area contributed by atoms with Gasteiger partial charge in [-0.3, -0.25) is 0 Å². The van der Waals surface area contributed by atoms with Crippen LogP contribution in [0.3, 0.4) is 0 Å². The van der Waals surface area contributed by atoms with Crippen molar-refractivity contribution in [3.63, 3.8) is 0 Å². The van der Waals surface area contributed by atoms with E-state index in [-0.39, 0.29) is 11.8 Å². The lowest BCUT2D eigenvalue weighted by Gasteiger charge is -2.33. The molecule has 92 valence electrons. The van der Waals surface area contributed by atoms with Crippen LogP contribution in [0.5, 0.6) is 0 Å². The third-order valence-corrected chi connectivity index (χ3v) is 5.60. The number of nitrogens with two attached hydrogens (primary N) is 1. The second kappa shape index (κ2) is 4.58. The standard InChI is InChI=1S/C10H18N2O2S2/c11-10(15)9-3-1-2-6-12(9)16(13,14)7-8-4-5-8/h8-9H,1-7H2,(H2,11,15). The van der Waals surface area contributed by atoms with Crippen LogP contribution in [-0.2, 0) is 10.0 Å². The van der Waals surface area contributed by atoms with Crippen molar-refractivity contribution in [1.29, 1.82) is 0 Å². The molecule has 2 N–H and O–H groups in total. The predicted molar refractivity (Wildman–Crippen MR) is 67.6 cm³/mol. The van der Waals surface area contributed by atoms with Gasteiger partial charge in [0.05, 0.1) is 16.8 Å². The molecule has 1 saturated carbocycles. The van der Waals surface area contributed by atoms with Crippen LogP contribution in [-0.4, -0.2) is 36.1 Å². The fraction of sp³-hybridized carbons (Fsp3) is 0.900. The topological polar surface area (TPSA) is 63.4 Å². The molecule has 0 spiro atoms. The van der Waals surface area contributed by atoms with Crippen molar-refractivity contribution in [2.45, 2.75) is 38.1 Å². The van der Waals surface area contributed by atoms with E-state index in [4.69, 9.17) is 18.0 Å². The summed E-state index contributed by atoms with van der Waals surface area (Å²) in [7, 11) is -3.15. The molecular formula is C10H18N2O2S2. The minimum atomic E-state index is -3.15. The Balaban J connectivity index is 2.11. The molecule has 1 saturated heterocycles. The van der Waals surface area contributed by atoms with Crippen molar-refractivity contribution < 1.29 is 8.42 Å². The molecule has 0 radical (unpaired) electrons. The molecule has 1 aliphatic carbocycles. The van der Waals surface area contributed by atoms with E-state index in [1.165, 1.54) is 4.31 Å². The molecular weight excluding hydrogens is 244 g/mol. The molecule has 0 amide bonds. The quantitative estimate of drug-likeness (QED) is 0.764. The molecule has 6 heteroatoms. The van der Waals surface area contributed by atoms with Crippen LogP contribution in [0, 0.1) is 5.92 Å². The Labute approximate surface area is 102 Å². The third-order valence-electron chi connectivity index (χ3n) is 3.28. The fourth-order valence-electron chi connectivity index (χ4n) is 2.20. The summed E-state index contributed by atoms with van der Waals surface area (Å²) in [6.45, 7) is 0.580.